The number of hydrogen-bond donors (Lipinski definition) is 1. The maximum atomic E-state index is 6.25. The number of hydrogen-bond acceptors (Lipinski definition) is 4. The summed E-state index contributed by atoms with van der Waals surface area (Å²) in [4.78, 5) is 10.6. The van der Waals surface area contributed by atoms with Crippen molar-refractivity contribution in [1.82, 2.24) is 5.32 Å². The van der Waals surface area contributed by atoms with Gasteiger partial charge in [-0.05, 0) is 56.6 Å². The summed E-state index contributed by atoms with van der Waals surface area (Å²) < 4.78 is 6.25. The van der Waals surface area contributed by atoms with Gasteiger partial charge < -0.3 is 9.73 Å². The highest BCUT2D eigenvalue weighted by Crippen LogP contribution is 2.38. The largest absolute Gasteiger partial charge is 0.456 e. The Morgan fingerprint density at radius 3 is 2.05 bits per heavy atom. The third kappa shape index (κ3) is 3.84. The quantitative estimate of drug-likeness (QED) is 0.222. The van der Waals surface area contributed by atoms with Gasteiger partial charge in [-0.2, -0.15) is 0 Å². The van der Waals surface area contributed by atoms with Gasteiger partial charge in [0.05, 0.1) is 0 Å². The zero-order valence-corrected chi connectivity index (χ0v) is 23.2. The van der Waals surface area contributed by atoms with Crippen LogP contribution in [-0.4, -0.2) is 11.7 Å². The van der Waals surface area contributed by atoms with Crippen molar-refractivity contribution in [2.24, 2.45) is 9.98 Å². The zero-order chi connectivity index (χ0) is 28.3. The predicted molar refractivity (Wildman–Crippen MR) is 178 cm³/mol. The lowest BCUT2D eigenvalue weighted by molar-refractivity contribution is 0.667. The minimum Gasteiger partial charge on any atom is -0.456 e. The monoisotopic (exact) mass is 551 g/mol. The van der Waals surface area contributed by atoms with Crippen LogP contribution in [0.25, 0.3) is 54.3 Å². The van der Waals surface area contributed by atoms with Gasteiger partial charge in [-0.3, -0.25) is 0 Å². The van der Waals surface area contributed by atoms with E-state index in [9.17, 15) is 0 Å². The van der Waals surface area contributed by atoms with Crippen molar-refractivity contribution in [2.45, 2.75) is 6.17 Å². The molecule has 0 bridgehead atoms. The second kappa shape index (κ2) is 9.40. The van der Waals surface area contributed by atoms with Crippen LogP contribution in [0.5, 0.6) is 0 Å². The Labute approximate surface area is 247 Å². The van der Waals surface area contributed by atoms with E-state index in [2.05, 4.69) is 121 Å². The van der Waals surface area contributed by atoms with Gasteiger partial charge in [0.1, 0.15) is 22.8 Å². The Hall–Kier alpha value is -5.74. The van der Waals surface area contributed by atoms with E-state index in [1.54, 1.807) is 0 Å². The first kappa shape index (κ1) is 23.9. The summed E-state index contributed by atoms with van der Waals surface area (Å²) in [7, 11) is 0. The predicted octanol–water partition coefficient (Wildman–Crippen LogP) is 9.54. The van der Waals surface area contributed by atoms with Crippen LogP contribution in [0.15, 0.2) is 154 Å². The second-order valence-electron chi connectivity index (χ2n) is 11.0. The molecule has 0 spiro atoms. The Morgan fingerprint density at radius 2 is 1.16 bits per heavy atom. The van der Waals surface area contributed by atoms with Crippen LogP contribution in [0.3, 0.4) is 0 Å². The normalized spacial score (nSPS) is 15.2. The van der Waals surface area contributed by atoms with E-state index >= 15 is 0 Å². The fourth-order valence-corrected chi connectivity index (χ4v) is 6.48. The van der Waals surface area contributed by atoms with Crippen molar-refractivity contribution in [3.63, 3.8) is 0 Å². The molecule has 1 N–H and O–H groups in total. The van der Waals surface area contributed by atoms with Gasteiger partial charge in [-0.15, -0.1) is 0 Å². The Bertz CT molecular complexity index is 2450. The zero-order valence-electron chi connectivity index (χ0n) is 23.2. The van der Waals surface area contributed by atoms with Gasteiger partial charge in [0.2, 0.25) is 0 Å². The maximum absolute atomic E-state index is 6.25. The number of rotatable bonds is 3. The molecule has 7 aromatic carbocycles. The summed E-state index contributed by atoms with van der Waals surface area (Å²) in [5, 5.41) is 12.9. The standard InChI is InChI=1S/C39H25N3O/c1-2-11-25-22-27(21-20-24(25)10-1)37-40-38(32-17-9-19-35-36(32)31-16-7-8-18-34(31)43-35)42-39(41-37)33-23-26-12-3-4-13-28(26)29-14-5-6-15-30(29)33/h1-23,38H,(H,40,41,42). The van der Waals surface area contributed by atoms with Crippen molar-refractivity contribution in [3.8, 4) is 0 Å². The molecule has 1 aliphatic heterocycles. The van der Waals surface area contributed by atoms with Gasteiger partial charge in [0.25, 0.3) is 0 Å². The van der Waals surface area contributed by atoms with Gasteiger partial charge in [-0.25, -0.2) is 9.98 Å². The number of para-hydroxylation sites is 1. The first-order valence-corrected chi connectivity index (χ1v) is 14.5. The highest BCUT2D eigenvalue weighted by atomic mass is 16.3. The number of benzene rings is 7. The highest BCUT2D eigenvalue weighted by molar-refractivity contribution is 6.24. The first-order valence-electron chi connectivity index (χ1n) is 14.5. The van der Waals surface area contributed by atoms with Crippen LogP contribution >= 0.6 is 0 Å². The molecule has 9 rings (SSSR count). The molecule has 0 radical (unpaired) electrons. The topological polar surface area (TPSA) is 49.9 Å². The maximum Gasteiger partial charge on any atom is 0.170 e. The van der Waals surface area contributed by atoms with Crippen molar-refractivity contribution in [3.05, 3.63) is 156 Å². The lowest BCUT2D eigenvalue weighted by atomic mass is 9.96. The van der Waals surface area contributed by atoms with Crippen LogP contribution in [0, 0.1) is 0 Å². The number of furan rings is 1. The molecule has 4 nitrogen and oxygen atoms in total. The van der Waals surface area contributed by atoms with Crippen molar-refractivity contribution >= 4 is 65.9 Å². The van der Waals surface area contributed by atoms with E-state index in [1.165, 1.54) is 26.9 Å². The van der Waals surface area contributed by atoms with E-state index in [4.69, 9.17) is 14.4 Å². The lowest BCUT2D eigenvalue weighted by Gasteiger charge is -2.24. The van der Waals surface area contributed by atoms with E-state index in [1.807, 2.05) is 24.3 Å². The third-order valence-corrected chi connectivity index (χ3v) is 8.50. The fraction of sp³-hybridized carbons (Fsp3) is 0.0256. The molecule has 1 aliphatic rings. The molecule has 0 saturated heterocycles. The van der Waals surface area contributed by atoms with Gasteiger partial charge in [0, 0.05) is 27.5 Å². The number of nitrogens with one attached hydrogen (secondary N) is 1. The van der Waals surface area contributed by atoms with Crippen molar-refractivity contribution in [1.29, 1.82) is 0 Å². The van der Waals surface area contributed by atoms with Gasteiger partial charge in [-0.1, -0.05) is 115 Å². The van der Waals surface area contributed by atoms with Gasteiger partial charge in [0.15, 0.2) is 6.17 Å². The fourth-order valence-electron chi connectivity index (χ4n) is 6.48. The number of nitrogens with zero attached hydrogens (tertiary/aromatic N) is 2. The molecule has 1 atom stereocenters. The van der Waals surface area contributed by atoms with Crippen LogP contribution < -0.4 is 5.32 Å². The summed E-state index contributed by atoms with van der Waals surface area (Å²) in [5.74, 6) is 1.60. The van der Waals surface area contributed by atoms with E-state index in [-0.39, 0.29) is 0 Å². The smallest absolute Gasteiger partial charge is 0.170 e. The number of amidine groups is 2. The van der Waals surface area contributed by atoms with Crippen LogP contribution in [0.2, 0.25) is 0 Å². The van der Waals surface area contributed by atoms with Gasteiger partial charge >= 0.3 is 0 Å². The van der Waals surface area contributed by atoms with Crippen LogP contribution in [0.4, 0.5) is 0 Å². The molecule has 0 aliphatic carbocycles. The van der Waals surface area contributed by atoms with Crippen molar-refractivity contribution in [2.75, 3.05) is 0 Å². The van der Waals surface area contributed by atoms with Crippen LogP contribution in [0.1, 0.15) is 22.9 Å². The number of aliphatic imine (C=N–C) groups is 2. The highest BCUT2D eigenvalue weighted by Gasteiger charge is 2.25. The Balaban J connectivity index is 1.30. The molecule has 4 heteroatoms. The second-order valence-corrected chi connectivity index (χ2v) is 11.0. The number of fused-ring (bicyclic) bond motifs is 7. The van der Waals surface area contributed by atoms with Crippen LogP contribution in [-0.2, 0) is 0 Å². The third-order valence-electron chi connectivity index (χ3n) is 8.50. The molecule has 8 aromatic rings. The van der Waals surface area contributed by atoms with E-state index in [0.717, 1.165) is 55.7 Å². The van der Waals surface area contributed by atoms with E-state index in [0.29, 0.717) is 0 Å². The molecule has 1 unspecified atom stereocenters. The van der Waals surface area contributed by atoms with Crippen molar-refractivity contribution < 1.29 is 4.42 Å². The summed E-state index contributed by atoms with van der Waals surface area (Å²) in [5.41, 5.74) is 4.79. The molecule has 1 aromatic heterocycles. The molecular weight excluding hydrogens is 526 g/mol. The summed E-state index contributed by atoms with van der Waals surface area (Å²) in [6, 6.07) is 48.7. The summed E-state index contributed by atoms with van der Waals surface area (Å²) >= 11 is 0. The minimum atomic E-state index is -0.465. The molecule has 0 fully saturated rings. The molecule has 0 saturated carbocycles. The van der Waals surface area contributed by atoms with E-state index < -0.39 is 6.17 Å². The Morgan fingerprint density at radius 1 is 0.488 bits per heavy atom. The Kier molecular flexibility index (Phi) is 5.23. The molecule has 0 amide bonds. The average molecular weight is 552 g/mol. The SMILES string of the molecule is c1ccc2cc(C3=NC(c4cccc5oc6ccccc6c45)N=C(c4cc5ccccc5c5ccccc45)N3)ccc2c1. The lowest BCUT2D eigenvalue weighted by Crippen LogP contribution is -2.36. The summed E-state index contributed by atoms with van der Waals surface area (Å²) in [6.45, 7) is 0. The first-order chi connectivity index (χ1) is 21.3. The minimum absolute atomic E-state index is 0.465. The molecule has 202 valence electrons. The summed E-state index contributed by atoms with van der Waals surface area (Å²) in [6.07, 6.45) is -0.465. The molecule has 2 heterocycles. The molecule has 43 heavy (non-hydrogen) atoms. The average Bonchev–Trinajstić information content (AvgIpc) is 3.46. The molecular formula is C39H25N3O.